The lowest BCUT2D eigenvalue weighted by Crippen LogP contribution is -2.47. The Labute approximate surface area is 204 Å². The Hall–Kier alpha value is -2.96. The van der Waals surface area contributed by atoms with Gasteiger partial charge < -0.3 is 0 Å². The number of hydrogen-bond acceptors (Lipinski definition) is 3. The number of piperazine rings is 1. The van der Waals surface area contributed by atoms with Gasteiger partial charge in [-0.1, -0.05) is 80.1 Å². The fourth-order valence-electron chi connectivity index (χ4n) is 4.82. The highest BCUT2D eigenvalue weighted by atomic mass is 19.4. The summed E-state index contributed by atoms with van der Waals surface area (Å²) >= 11 is 0. The summed E-state index contributed by atoms with van der Waals surface area (Å²) in [7, 11) is 0. The Bertz CT molecular complexity index is 1150. The lowest BCUT2D eigenvalue weighted by molar-refractivity contribution is -0.137. The van der Waals surface area contributed by atoms with Crippen LogP contribution in [0.15, 0.2) is 83.7 Å². The van der Waals surface area contributed by atoms with E-state index < -0.39 is 11.7 Å². The molecule has 0 saturated carbocycles. The number of aryl methyl sites for hydroxylation is 1. The van der Waals surface area contributed by atoms with E-state index in [1.807, 2.05) is 54.6 Å². The summed E-state index contributed by atoms with van der Waals surface area (Å²) in [6.07, 6.45) is -2.64. The van der Waals surface area contributed by atoms with Gasteiger partial charge in [-0.3, -0.25) is 14.6 Å². The standard InChI is InChI=1S/C29H31F3N2O/c1-2-8-24-11-6-7-12-25(28(24)35)21-33-17-19-34(20-18-33)27(22-9-4-3-5-10-22)23-13-15-26(16-14-23)29(30,31)32/h3-7,9-16,27H,2,8,17-21H2,1H3. The molecular weight excluding hydrogens is 449 g/mol. The molecule has 1 fully saturated rings. The third-order valence-corrected chi connectivity index (χ3v) is 6.64. The molecule has 0 spiro atoms. The van der Waals surface area contributed by atoms with Gasteiger partial charge in [0.2, 0.25) is 0 Å². The van der Waals surface area contributed by atoms with Crippen LogP contribution in [0.4, 0.5) is 13.2 Å². The van der Waals surface area contributed by atoms with E-state index >= 15 is 0 Å². The van der Waals surface area contributed by atoms with Crippen LogP contribution in [0.25, 0.3) is 0 Å². The van der Waals surface area contributed by atoms with Gasteiger partial charge in [-0.15, -0.1) is 0 Å². The van der Waals surface area contributed by atoms with Gasteiger partial charge in [-0.2, -0.15) is 13.2 Å². The van der Waals surface area contributed by atoms with E-state index in [-0.39, 0.29) is 11.5 Å². The SMILES string of the molecule is CCCc1ccccc(CN2CCN(C(c3ccccc3)c3ccc(C(F)(F)F)cc3)CC2)c1=O. The zero-order valence-electron chi connectivity index (χ0n) is 20.0. The van der Waals surface area contributed by atoms with Crippen LogP contribution >= 0.6 is 0 Å². The molecule has 1 unspecified atom stereocenters. The average Bonchev–Trinajstić information content (AvgIpc) is 3.02. The number of benzene rings is 2. The van der Waals surface area contributed by atoms with Crippen molar-refractivity contribution in [1.29, 1.82) is 0 Å². The monoisotopic (exact) mass is 480 g/mol. The molecule has 184 valence electrons. The highest BCUT2D eigenvalue weighted by Crippen LogP contribution is 2.33. The first kappa shape index (κ1) is 25.1. The van der Waals surface area contributed by atoms with Crippen molar-refractivity contribution in [2.75, 3.05) is 26.2 Å². The third-order valence-electron chi connectivity index (χ3n) is 6.64. The number of rotatable bonds is 7. The van der Waals surface area contributed by atoms with Crippen LogP contribution in [0.2, 0.25) is 0 Å². The van der Waals surface area contributed by atoms with Crippen LogP contribution in [-0.4, -0.2) is 36.0 Å². The molecule has 1 aliphatic heterocycles. The van der Waals surface area contributed by atoms with Crippen molar-refractivity contribution < 1.29 is 13.2 Å². The van der Waals surface area contributed by atoms with Crippen molar-refractivity contribution in [2.24, 2.45) is 0 Å². The van der Waals surface area contributed by atoms with Crippen molar-refractivity contribution in [2.45, 2.75) is 38.5 Å². The van der Waals surface area contributed by atoms with Gasteiger partial charge >= 0.3 is 6.18 Å². The second kappa shape index (κ2) is 11.2. The molecular formula is C29H31F3N2O. The molecule has 0 radical (unpaired) electrons. The second-order valence-electron chi connectivity index (χ2n) is 9.09. The van der Waals surface area contributed by atoms with Crippen LogP contribution in [-0.2, 0) is 19.1 Å². The highest BCUT2D eigenvalue weighted by molar-refractivity contribution is 5.34. The van der Waals surface area contributed by atoms with Gasteiger partial charge in [0, 0.05) is 38.3 Å². The Morgan fingerprint density at radius 2 is 1.34 bits per heavy atom. The maximum absolute atomic E-state index is 13.1. The van der Waals surface area contributed by atoms with E-state index in [9.17, 15) is 18.0 Å². The minimum Gasteiger partial charge on any atom is -0.296 e. The molecule has 3 aromatic carbocycles. The highest BCUT2D eigenvalue weighted by Gasteiger charge is 2.31. The van der Waals surface area contributed by atoms with Gasteiger partial charge in [0.15, 0.2) is 5.43 Å². The lowest BCUT2D eigenvalue weighted by Gasteiger charge is -2.39. The van der Waals surface area contributed by atoms with Gasteiger partial charge in [0.25, 0.3) is 0 Å². The minimum absolute atomic E-state index is 0.124. The molecule has 3 nitrogen and oxygen atoms in total. The molecule has 0 aliphatic carbocycles. The number of nitrogens with zero attached hydrogens (tertiary/aromatic N) is 2. The predicted molar refractivity (Wildman–Crippen MR) is 133 cm³/mol. The molecule has 3 aromatic rings. The number of halogens is 3. The fraction of sp³-hybridized carbons (Fsp3) is 0.345. The molecule has 0 N–H and O–H groups in total. The molecule has 1 saturated heterocycles. The average molecular weight is 481 g/mol. The Morgan fingerprint density at radius 3 is 1.94 bits per heavy atom. The second-order valence-corrected chi connectivity index (χ2v) is 9.09. The summed E-state index contributed by atoms with van der Waals surface area (Å²) in [4.78, 5) is 17.6. The molecule has 0 aromatic heterocycles. The van der Waals surface area contributed by atoms with Gasteiger partial charge in [0.05, 0.1) is 11.6 Å². The molecule has 35 heavy (non-hydrogen) atoms. The first-order chi connectivity index (χ1) is 16.9. The largest absolute Gasteiger partial charge is 0.416 e. The van der Waals surface area contributed by atoms with Crippen molar-refractivity contribution >= 4 is 0 Å². The maximum atomic E-state index is 13.1. The van der Waals surface area contributed by atoms with E-state index in [1.54, 1.807) is 12.1 Å². The maximum Gasteiger partial charge on any atom is 0.416 e. The first-order valence-corrected chi connectivity index (χ1v) is 12.2. The van der Waals surface area contributed by atoms with E-state index in [0.717, 1.165) is 61.3 Å². The Kier molecular flexibility index (Phi) is 8.04. The van der Waals surface area contributed by atoms with E-state index in [2.05, 4.69) is 16.7 Å². The molecule has 0 amide bonds. The van der Waals surface area contributed by atoms with Crippen molar-refractivity contribution in [3.05, 3.63) is 117 Å². The van der Waals surface area contributed by atoms with E-state index in [4.69, 9.17) is 0 Å². The third kappa shape index (κ3) is 6.19. The lowest BCUT2D eigenvalue weighted by atomic mass is 9.95. The quantitative estimate of drug-likeness (QED) is 0.419. The topological polar surface area (TPSA) is 23.6 Å². The molecule has 1 atom stereocenters. The summed E-state index contributed by atoms with van der Waals surface area (Å²) in [5.41, 5.74) is 3.07. The van der Waals surface area contributed by atoms with Crippen LogP contribution in [0.5, 0.6) is 0 Å². The van der Waals surface area contributed by atoms with E-state index in [0.29, 0.717) is 6.54 Å². The fourth-order valence-corrected chi connectivity index (χ4v) is 4.82. The summed E-state index contributed by atoms with van der Waals surface area (Å²) < 4.78 is 39.3. The summed E-state index contributed by atoms with van der Waals surface area (Å²) in [5, 5.41) is 0. The Morgan fingerprint density at radius 1 is 0.771 bits per heavy atom. The van der Waals surface area contributed by atoms with Crippen LogP contribution in [0.3, 0.4) is 0 Å². The zero-order valence-corrected chi connectivity index (χ0v) is 20.0. The molecule has 1 aliphatic rings. The molecule has 4 rings (SSSR count). The first-order valence-electron chi connectivity index (χ1n) is 12.2. The normalized spacial score (nSPS) is 16.2. The summed E-state index contributed by atoms with van der Waals surface area (Å²) in [5.74, 6) is 0. The van der Waals surface area contributed by atoms with Crippen LogP contribution in [0.1, 0.15) is 47.2 Å². The van der Waals surface area contributed by atoms with Crippen molar-refractivity contribution in [3.63, 3.8) is 0 Å². The molecule has 0 bridgehead atoms. The van der Waals surface area contributed by atoms with Crippen LogP contribution in [0, 0.1) is 0 Å². The van der Waals surface area contributed by atoms with Crippen LogP contribution < -0.4 is 5.43 Å². The molecule has 6 heteroatoms. The molecule has 1 heterocycles. The van der Waals surface area contributed by atoms with Crippen molar-refractivity contribution in [3.8, 4) is 0 Å². The van der Waals surface area contributed by atoms with E-state index in [1.165, 1.54) is 12.1 Å². The number of hydrogen-bond donors (Lipinski definition) is 0. The summed E-state index contributed by atoms with van der Waals surface area (Å²) in [6, 6.07) is 23.0. The number of alkyl halides is 3. The summed E-state index contributed by atoms with van der Waals surface area (Å²) in [6.45, 7) is 5.76. The van der Waals surface area contributed by atoms with Gasteiger partial charge in [-0.25, -0.2) is 0 Å². The van der Waals surface area contributed by atoms with Crippen molar-refractivity contribution in [1.82, 2.24) is 9.80 Å². The van der Waals surface area contributed by atoms with Gasteiger partial charge in [0.1, 0.15) is 0 Å². The smallest absolute Gasteiger partial charge is 0.296 e. The predicted octanol–water partition coefficient (Wildman–Crippen LogP) is 5.93. The zero-order chi connectivity index (χ0) is 24.8. The Balaban J connectivity index is 1.51. The van der Waals surface area contributed by atoms with Gasteiger partial charge in [-0.05, 0) is 35.2 Å². The minimum atomic E-state index is -4.35.